The maximum Gasteiger partial charge on any atom is 0.337 e. The maximum absolute atomic E-state index is 12.3. The van der Waals surface area contributed by atoms with Gasteiger partial charge in [0.05, 0.1) is 24.2 Å². The Morgan fingerprint density at radius 2 is 2.07 bits per heavy atom. The van der Waals surface area contributed by atoms with Crippen molar-refractivity contribution in [1.82, 2.24) is 0 Å². The van der Waals surface area contributed by atoms with Crippen LogP contribution in [0, 0.1) is 28.6 Å². The number of hydrogen-bond acceptors (Lipinski definition) is 6. The Kier molecular flexibility index (Phi) is 6.49. The summed E-state index contributed by atoms with van der Waals surface area (Å²) in [4.78, 5) is 24.3. The van der Waals surface area contributed by atoms with Crippen molar-refractivity contribution in [3.05, 3.63) is 23.8 Å². The van der Waals surface area contributed by atoms with Crippen molar-refractivity contribution >= 4 is 11.9 Å². The predicted octanol–water partition coefficient (Wildman–Crippen LogP) is 3.17. The van der Waals surface area contributed by atoms with Crippen molar-refractivity contribution in [3.8, 4) is 0 Å². The van der Waals surface area contributed by atoms with Crippen molar-refractivity contribution in [1.29, 1.82) is 0 Å². The van der Waals surface area contributed by atoms with Gasteiger partial charge in [0, 0.05) is 5.41 Å². The summed E-state index contributed by atoms with van der Waals surface area (Å²) in [7, 11) is 0. The van der Waals surface area contributed by atoms with Crippen LogP contribution in [-0.2, 0) is 19.1 Å². The lowest BCUT2D eigenvalue weighted by molar-refractivity contribution is -0.152. The van der Waals surface area contributed by atoms with E-state index in [0.29, 0.717) is 18.4 Å². The van der Waals surface area contributed by atoms with Gasteiger partial charge in [-0.05, 0) is 49.4 Å². The van der Waals surface area contributed by atoms with Gasteiger partial charge < -0.3 is 19.7 Å². The first-order valence-corrected chi connectivity index (χ1v) is 11.1. The summed E-state index contributed by atoms with van der Waals surface area (Å²) in [6, 6.07) is 0. The van der Waals surface area contributed by atoms with Gasteiger partial charge >= 0.3 is 11.9 Å². The zero-order chi connectivity index (χ0) is 22.3. The molecule has 6 nitrogen and oxygen atoms in total. The van der Waals surface area contributed by atoms with E-state index < -0.39 is 23.6 Å². The van der Waals surface area contributed by atoms with Crippen LogP contribution in [0.5, 0.6) is 0 Å². The summed E-state index contributed by atoms with van der Waals surface area (Å²) in [6.07, 6.45) is 4.50. The molecule has 0 aromatic carbocycles. The van der Waals surface area contributed by atoms with Crippen LogP contribution in [0.2, 0.25) is 0 Å². The van der Waals surface area contributed by atoms with Gasteiger partial charge in [0.1, 0.15) is 6.61 Å². The Morgan fingerprint density at radius 1 is 1.37 bits per heavy atom. The van der Waals surface area contributed by atoms with Crippen LogP contribution in [0.1, 0.15) is 59.8 Å². The summed E-state index contributed by atoms with van der Waals surface area (Å²) in [5.41, 5.74) is 0.879. The highest BCUT2D eigenvalue weighted by molar-refractivity contribution is 5.92. The number of aliphatic hydroxyl groups is 2. The van der Waals surface area contributed by atoms with Gasteiger partial charge in [0.2, 0.25) is 0 Å². The summed E-state index contributed by atoms with van der Waals surface area (Å²) >= 11 is 0. The minimum atomic E-state index is -0.663. The standard InChI is InChI=1S/C24H36O6/c1-14(2)21(27)30-18-12-29-22(28)16(18)7-8-17-15(3)6-9-19-23(17,4)11-10-20(26)24(19,5)13-25/h7,14,17-20,25-26H,3,6,8-13H2,1-2,4-5H3/t17-,18+,19?,20+,23+,24-/m0/s1. The Morgan fingerprint density at radius 3 is 2.70 bits per heavy atom. The van der Waals surface area contributed by atoms with E-state index in [0.717, 1.165) is 24.8 Å². The molecule has 0 aromatic heterocycles. The molecule has 2 N–H and O–H groups in total. The minimum Gasteiger partial charge on any atom is -0.458 e. The Bertz CT molecular complexity index is 740. The van der Waals surface area contributed by atoms with E-state index in [2.05, 4.69) is 13.5 Å². The minimum absolute atomic E-state index is 0.0474. The van der Waals surface area contributed by atoms with Crippen molar-refractivity contribution < 1.29 is 29.3 Å². The molecule has 0 amide bonds. The van der Waals surface area contributed by atoms with Crippen LogP contribution < -0.4 is 0 Å². The van der Waals surface area contributed by atoms with E-state index >= 15 is 0 Å². The molecule has 1 unspecified atom stereocenters. The average molecular weight is 421 g/mol. The third-order valence-corrected chi connectivity index (χ3v) is 7.95. The number of hydrogen-bond donors (Lipinski definition) is 2. The van der Waals surface area contributed by atoms with E-state index in [1.165, 1.54) is 0 Å². The molecule has 0 bridgehead atoms. The highest BCUT2D eigenvalue weighted by Gasteiger charge is 2.57. The highest BCUT2D eigenvalue weighted by atomic mass is 16.6. The molecule has 3 aliphatic rings. The zero-order valence-corrected chi connectivity index (χ0v) is 18.6. The van der Waals surface area contributed by atoms with Gasteiger partial charge in [0.15, 0.2) is 6.10 Å². The molecule has 30 heavy (non-hydrogen) atoms. The third-order valence-electron chi connectivity index (χ3n) is 7.95. The van der Waals surface area contributed by atoms with E-state index in [1.54, 1.807) is 13.8 Å². The molecule has 6 heteroatoms. The van der Waals surface area contributed by atoms with Crippen LogP contribution in [0.3, 0.4) is 0 Å². The quantitative estimate of drug-likeness (QED) is 0.403. The topological polar surface area (TPSA) is 93.1 Å². The molecule has 168 valence electrons. The second-order valence-electron chi connectivity index (χ2n) is 10.1. The molecule has 1 saturated heterocycles. The zero-order valence-electron chi connectivity index (χ0n) is 18.6. The number of aliphatic hydroxyl groups excluding tert-OH is 2. The first-order valence-electron chi connectivity index (χ1n) is 11.1. The molecule has 3 fully saturated rings. The van der Waals surface area contributed by atoms with Crippen LogP contribution in [0.15, 0.2) is 23.8 Å². The van der Waals surface area contributed by atoms with Crippen LogP contribution >= 0.6 is 0 Å². The summed E-state index contributed by atoms with van der Waals surface area (Å²) < 4.78 is 10.6. The Hall–Kier alpha value is -1.66. The molecule has 1 aliphatic heterocycles. The number of cyclic esters (lactones) is 1. The van der Waals surface area contributed by atoms with E-state index in [-0.39, 0.29) is 42.4 Å². The molecular weight excluding hydrogens is 384 g/mol. The van der Waals surface area contributed by atoms with Gasteiger partial charge in [-0.2, -0.15) is 0 Å². The fourth-order valence-corrected chi connectivity index (χ4v) is 5.92. The lowest BCUT2D eigenvalue weighted by Gasteiger charge is -2.59. The number of rotatable bonds is 5. The second kappa shape index (κ2) is 8.46. The molecule has 1 heterocycles. The monoisotopic (exact) mass is 420 g/mol. The van der Waals surface area contributed by atoms with Crippen LogP contribution in [0.25, 0.3) is 0 Å². The van der Waals surface area contributed by atoms with Gasteiger partial charge in [-0.25, -0.2) is 4.79 Å². The third kappa shape index (κ3) is 3.84. The first-order chi connectivity index (χ1) is 14.0. The van der Waals surface area contributed by atoms with Crippen molar-refractivity contribution in [3.63, 3.8) is 0 Å². The number of fused-ring (bicyclic) bond motifs is 1. The SMILES string of the molecule is C=C1CCC2[C@](C)(CO)[C@H](O)CC[C@]2(C)[C@H]1CC=C1C(=O)OC[C@H]1OC(=O)C(C)C. The molecular formula is C24H36O6. The maximum atomic E-state index is 12.3. The fourth-order valence-electron chi connectivity index (χ4n) is 5.92. The lowest BCUT2D eigenvalue weighted by atomic mass is 9.46. The molecule has 0 aromatic rings. The number of carbonyl (C=O) groups is 2. The Balaban J connectivity index is 1.84. The number of ether oxygens (including phenoxy) is 2. The average Bonchev–Trinajstić information content (AvgIpc) is 3.04. The van der Waals surface area contributed by atoms with Crippen LogP contribution in [0.4, 0.5) is 0 Å². The Labute approximate surface area is 179 Å². The van der Waals surface area contributed by atoms with E-state index in [9.17, 15) is 19.8 Å². The number of carbonyl (C=O) groups excluding carboxylic acids is 2. The van der Waals surface area contributed by atoms with Gasteiger partial charge in [-0.1, -0.05) is 45.9 Å². The van der Waals surface area contributed by atoms with E-state index in [1.807, 2.05) is 13.0 Å². The van der Waals surface area contributed by atoms with Gasteiger partial charge in [0.25, 0.3) is 0 Å². The van der Waals surface area contributed by atoms with Crippen molar-refractivity contribution in [2.75, 3.05) is 13.2 Å². The molecule has 6 atom stereocenters. The second-order valence-corrected chi connectivity index (χ2v) is 10.1. The molecule has 3 rings (SSSR count). The highest BCUT2D eigenvalue weighted by Crippen LogP contribution is 2.61. The molecule has 2 saturated carbocycles. The number of esters is 2. The van der Waals surface area contributed by atoms with Gasteiger partial charge in [-0.15, -0.1) is 0 Å². The smallest absolute Gasteiger partial charge is 0.337 e. The van der Waals surface area contributed by atoms with E-state index in [4.69, 9.17) is 9.47 Å². The van der Waals surface area contributed by atoms with Crippen molar-refractivity contribution in [2.45, 2.75) is 72.0 Å². The molecule has 2 aliphatic carbocycles. The summed E-state index contributed by atoms with van der Waals surface area (Å²) in [5, 5.41) is 20.8. The molecule has 0 radical (unpaired) electrons. The fraction of sp³-hybridized carbons (Fsp3) is 0.750. The molecule has 0 spiro atoms. The summed E-state index contributed by atoms with van der Waals surface area (Å²) in [5.74, 6) is -0.767. The number of allylic oxidation sites excluding steroid dienone is 2. The largest absolute Gasteiger partial charge is 0.458 e. The van der Waals surface area contributed by atoms with Crippen molar-refractivity contribution in [2.24, 2.45) is 28.6 Å². The normalized spacial score (nSPS) is 40.4. The summed E-state index contributed by atoms with van der Waals surface area (Å²) in [6.45, 7) is 12.1. The predicted molar refractivity (Wildman–Crippen MR) is 112 cm³/mol. The van der Waals surface area contributed by atoms with Crippen LogP contribution in [-0.4, -0.2) is 47.6 Å². The first kappa shape index (κ1) is 23.0. The lowest BCUT2D eigenvalue weighted by Crippen LogP contribution is -2.57. The van der Waals surface area contributed by atoms with Gasteiger partial charge in [-0.3, -0.25) is 4.79 Å².